The van der Waals surface area contributed by atoms with Crippen molar-refractivity contribution in [1.82, 2.24) is 4.98 Å². The topological polar surface area (TPSA) is 50.2 Å². The number of thiazole rings is 1. The van der Waals surface area contributed by atoms with Crippen LogP contribution < -0.4 is 0 Å². The van der Waals surface area contributed by atoms with Crippen LogP contribution in [0.5, 0.6) is 0 Å². The summed E-state index contributed by atoms with van der Waals surface area (Å²) in [5.74, 6) is -0.733. The van der Waals surface area contributed by atoms with Gasteiger partial charge in [-0.3, -0.25) is 4.79 Å². The SMILES string of the molecule is CCCC(C)(Cc1nc2ccccc2s1)C(=O)O. The van der Waals surface area contributed by atoms with Gasteiger partial charge in [0.2, 0.25) is 0 Å². The van der Waals surface area contributed by atoms with Crippen molar-refractivity contribution in [3.8, 4) is 0 Å². The number of carbonyl (C=O) groups is 1. The maximum absolute atomic E-state index is 11.4. The molecule has 0 spiro atoms. The van der Waals surface area contributed by atoms with Crippen molar-refractivity contribution in [3.05, 3.63) is 29.3 Å². The average Bonchev–Trinajstić information content (AvgIpc) is 2.70. The summed E-state index contributed by atoms with van der Waals surface area (Å²) in [5, 5.41) is 10.3. The van der Waals surface area contributed by atoms with Gasteiger partial charge in [0, 0.05) is 6.42 Å². The maximum atomic E-state index is 11.4. The number of benzene rings is 1. The molecule has 1 atom stereocenters. The summed E-state index contributed by atoms with van der Waals surface area (Å²) in [4.78, 5) is 15.9. The number of hydrogen-bond donors (Lipinski definition) is 1. The number of carboxylic acids is 1. The van der Waals surface area contributed by atoms with Gasteiger partial charge in [0.05, 0.1) is 20.6 Å². The van der Waals surface area contributed by atoms with Crippen LogP contribution in [0.1, 0.15) is 31.7 Å². The van der Waals surface area contributed by atoms with Crippen LogP contribution in [-0.4, -0.2) is 16.1 Å². The fourth-order valence-corrected chi connectivity index (χ4v) is 3.31. The molecule has 2 rings (SSSR count). The van der Waals surface area contributed by atoms with Gasteiger partial charge in [-0.1, -0.05) is 25.5 Å². The quantitative estimate of drug-likeness (QED) is 0.894. The summed E-state index contributed by atoms with van der Waals surface area (Å²) in [6.45, 7) is 3.82. The van der Waals surface area contributed by atoms with Crippen molar-refractivity contribution >= 4 is 27.5 Å². The molecule has 1 unspecified atom stereocenters. The van der Waals surface area contributed by atoms with Gasteiger partial charge in [-0.2, -0.15) is 0 Å². The van der Waals surface area contributed by atoms with Crippen molar-refractivity contribution in [2.45, 2.75) is 33.1 Å². The molecule has 0 bridgehead atoms. The Morgan fingerprint density at radius 2 is 2.17 bits per heavy atom. The van der Waals surface area contributed by atoms with Crippen LogP contribution in [0.4, 0.5) is 0 Å². The van der Waals surface area contributed by atoms with Crippen LogP contribution in [0.25, 0.3) is 10.2 Å². The minimum Gasteiger partial charge on any atom is -0.481 e. The molecule has 1 N–H and O–H groups in total. The Morgan fingerprint density at radius 1 is 1.44 bits per heavy atom. The summed E-state index contributed by atoms with van der Waals surface area (Å²) in [5.41, 5.74) is 0.254. The number of aliphatic carboxylic acids is 1. The molecular formula is C14H17NO2S. The van der Waals surface area contributed by atoms with Crippen molar-refractivity contribution in [2.75, 3.05) is 0 Å². The minimum absolute atomic E-state index is 0.509. The third-order valence-electron chi connectivity index (χ3n) is 3.20. The van der Waals surface area contributed by atoms with E-state index in [0.717, 1.165) is 21.6 Å². The summed E-state index contributed by atoms with van der Waals surface area (Å²) in [6.07, 6.45) is 2.06. The van der Waals surface area contributed by atoms with Gasteiger partial charge in [-0.05, 0) is 25.5 Å². The Kier molecular flexibility index (Phi) is 3.66. The first-order chi connectivity index (χ1) is 8.55. The van der Waals surface area contributed by atoms with Gasteiger partial charge in [0.25, 0.3) is 0 Å². The maximum Gasteiger partial charge on any atom is 0.309 e. The van der Waals surface area contributed by atoms with Gasteiger partial charge in [-0.15, -0.1) is 11.3 Å². The monoisotopic (exact) mass is 263 g/mol. The van der Waals surface area contributed by atoms with E-state index >= 15 is 0 Å². The minimum atomic E-state index is -0.733. The first kappa shape index (κ1) is 13.0. The number of aromatic nitrogens is 1. The summed E-state index contributed by atoms with van der Waals surface area (Å²) in [6, 6.07) is 7.92. The zero-order chi connectivity index (χ0) is 13.2. The van der Waals surface area contributed by atoms with Crippen LogP contribution in [0.15, 0.2) is 24.3 Å². The lowest BCUT2D eigenvalue weighted by Crippen LogP contribution is -2.29. The van der Waals surface area contributed by atoms with Crippen LogP contribution in [0.2, 0.25) is 0 Å². The molecule has 1 aromatic carbocycles. The predicted octanol–water partition coefficient (Wildman–Crippen LogP) is 3.73. The second kappa shape index (κ2) is 5.06. The molecule has 0 aliphatic heterocycles. The van der Waals surface area contributed by atoms with E-state index in [-0.39, 0.29) is 0 Å². The Bertz CT molecular complexity index is 531. The smallest absolute Gasteiger partial charge is 0.309 e. The van der Waals surface area contributed by atoms with Crippen LogP contribution in [0.3, 0.4) is 0 Å². The van der Waals surface area contributed by atoms with Gasteiger partial charge < -0.3 is 5.11 Å². The molecule has 0 radical (unpaired) electrons. The van der Waals surface area contributed by atoms with Crippen LogP contribution in [-0.2, 0) is 11.2 Å². The molecule has 1 heterocycles. The molecule has 0 saturated carbocycles. The Labute approximate surface area is 110 Å². The van der Waals surface area contributed by atoms with E-state index in [1.54, 1.807) is 11.3 Å². The van der Waals surface area contributed by atoms with Crippen LogP contribution in [0, 0.1) is 5.41 Å². The predicted molar refractivity (Wildman–Crippen MR) is 74.0 cm³/mol. The molecule has 0 amide bonds. The number of carboxylic acid groups (broad SMARTS) is 1. The van der Waals surface area contributed by atoms with Gasteiger partial charge in [-0.25, -0.2) is 4.98 Å². The molecule has 96 valence electrons. The fraction of sp³-hybridized carbons (Fsp3) is 0.429. The number of rotatable bonds is 5. The third kappa shape index (κ3) is 2.53. The van der Waals surface area contributed by atoms with Crippen molar-refractivity contribution in [1.29, 1.82) is 0 Å². The summed E-state index contributed by atoms with van der Waals surface area (Å²) < 4.78 is 1.12. The third-order valence-corrected chi connectivity index (χ3v) is 4.23. The zero-order valence-corrected chi connectivity index (χ0v) is 11.5. The number of nitrogens with zero attached hydrogens (tertiary/aromatic N) is 1. The van der Waals surface area contributed by atoms with Gasteiger partial charge in [0.15, 0.2) is 0 Å². The largest absolute Gasteiger partial charge is 0.481 e. The highest BCUT2D eigenvalue weighted by Crippen LogP contribution is 2.32. The molecule has 0 aliphatic carbocycles. The van der Waals surface area contributed by atoms with E-state index in [9.17, 15) is 9.90 Å². The molecule has 0 fully saturated rings. The van der Waals surface area contributed by atoms with Crippen molar-refractivity contribution in [3.63, 3.8) is 0 Å². The lowest BCUT2D eigenvalue weighted by atomic mass is 9.83. The lowest BCUT2D eigenvalue weighted by molar-refractivity contribution is -0.148. The van der Waals surface area contributed by atoms with Gasteiger partial charge in [0.1, 0.15) is 0 Å². The average molecular weight is 263 g/mol. The molecule has 2 aromatic rings. The molecule has 4 heteroatoms. The van der Waals surface area contributed by atoms with Crippen molar-refractivity contribution < 1.29 is 9.90 Å². The number of para-hydroxylation sites is 1. The zero-order valence-electron chi connectivity index (χ0n) is 10.6. The van der Waals surface area contributed by atoms with E-state index in [2.05, 4.69) is 4.98 Å². The van der Waals surface area contributed by atoms with Crippen molar-refractivity contribution in [2.24, 2.45) is 5.41 Å². The molecule has 0 aliphatic rings. The van der Waals surface area contributed by atoms with E-state index in [4.69, 9.17) is 0 Å². The first-order valence-electron chi connectivity index (χ1n) is 6.13. The normalized spacial score (nSPS) is 14.6. The summed E-state index contributed by atoms with van der Waals surface area (Å²) in [7, 11) is 0. The standard InChI is InChI=1S/C14H17NO2S/c1-3-8-14(2,13(16)17)9-12-15-10-6-4-5-7-11(10)18-12/h4-7H,3,8-9H2,1-2H3,(H,16,17). The Balaban J connectivity index is 2.28. The highest BCUT2D eigenvalue weighted by atomic mass is 32.1. The molecule has 0 saturated heterocycles. The fourth-order valence-electron chi connectivity index (χ4n) is 2.15. The Hall–Kier alpha value is -1.42. The van der Waals surface area contributed by atoms with Gasteiger partial charge >= 0.3 is 5.97 Å². The second-order valence-corrected chi connectivity index (χ2v) is 5.98. The lowest BCUT2D eigenvalue weighted by Gasteiger charge is -2.22. The summed E-state index contributed by atoms with van der Waals surface area (Å²) >= 11 is 1.59. The van der Waals surface area contributed by atoms with E-state index < -0.39 is 11.4 Å². The number of hydrogen-bond acceptors (Lipinski definition) is 3. The molecule has 1 aromatic heterocycles. The highest BCUT2D eigenvalue weighted by molar-refractivity contribution is 7.18. The van der Waals surface area contributed by atoms with E-state index in [1.165, 1.54) is 0 Å². The molecule has 18 heavy (non-hydrogen) atoms. The second-order valence-electron chi connectivity index (χ2n) is 4.87. The molecular weight excluding hydrogens is 246 g/mol. The Morgan fingerprint density at radius 3 is 2.78 bits per heavy atom. The van der Waals surface area contributed by atoms with E-state index in [1.807, 2.05) is 38.1 Å². The van der Waals surface area contributed by atoms with E-state index in [0.29, 0.717) is 12.8 Å². The molecule has 3 nitrogen and oxygen atoms in total. The first-order valence-corrected chi connectivity index (χ1v) is 6.94. The number of fused-ring (bicyclic) bond motifs is 1. The highest BCUT2D eigenvalue weighted by Gasteiger charge is 2.33. The van der Waals surface area contributed by atoms with Crippen LogP contribution >= 0.6 is 11.3 Å².